The van der Waals surface area contributed by atoms with Gasteiger partial charge in [0.1, 0.15) is 17.4 Å². The predicted molar refractivity (Wildman–Crippen MR) is 117 cm³/mol. The molecule has 0 bridgehead atoms. The number of aliphatic hydroxyl groups excluding tert-OH is 1. The van der Waals surface area contributed by atoms with E-state index in [1.165, 1.54) is 34.1 Å². The second kappa shape index (κ2) is 10.0. The minimum Gasteiger partial charge on any atom is -0.497 e. The van der Waals surface area contributed by atoms with Gasteiger partial charge in [0, 0.05) is 31.6 Å². The van der Waals surface area contributed by atoms with E-state index in [0.717, 1.165) is 13.1 Å². The highest BCUT2D eigenvalue weighted by molar-refractivity contribution is 5.36. The van der Waals surface area contributed by atoms with Crippen molar-refractivity contribution in [2.45, 2.75) is 19.0 Å². The molecule has 9 nitrogen and oxygen atoms in total. The summed E-state index contributed by atoms with van der Waals surface area (Å²) >= 11 is 0. The van der Waals surface area contributed by atoms with Gasteiger partial charge >= 0.3 is 5.69 Å². The lowest BCUT2D eigenvalue weighted by Crippen LogP contribution is -2.27. The van der Waals surface area contributed by atoms with Crippen LogP contribution in [0.25, 0.3) is 5.69 Å². The Hall–Kier alpha value is -3.05. The monoisotopic (exact) mass is 442 g/mol. The molecule has 0 atom stereocenters. The van der Waals surface area contributed by atoms with Gasteiger partial charge in [0.2, 0.25) is 0 Å². The van der Waals surface area contributed by atoms with E-state index in [-0.39, 0.29) is 25.4 Å². The number of hydrogen-bond acceptors (Lipinski definition) is 7. The molecule has 1 aromatic heterocycles. The van der Waals surface area contributed by atoms with Gasteiger partial charge in [-0.15, -0.1) is 5.10 Å². The van der Waals surface area contributed by atoms with Crippen LogP contribution in [0.2, 0.25) is 0 Å². The average molecular weight is 442 g/mol. The molecule has 4 N–H and O–H groups in total. The van der Waals surface area contributed by atoms with E-state index in [1.807, 2.05) is 24.3 Å². The summed E-state index contributed by atoms with van der Waals surface area (Å²) in [5, 5.41) is 16.6. The summed E-state index contributed by atoms with van der Waals surface area (Å²) in [5.41, 5.74) is 8.32. The lowest BCUT2D eigenvalue weighted by atomic mass is 10.0. The molecule has 2 aromatic carbocycles. The number of ether oxygens (including phenoxy) is 1. The van der Waals surface area contributed by atoms with Crippen molar-refractivity contribution in [3.63, 3.8) is 0 Å². The fraction of sp³-hybridized carbons (Fsp3) is 0.364. The molecule has 1 aliphatic rings. The van der Waals surface area contributed by atoms with Crippen LogP contribution in [0.15, 0.2) is 47.3 Å². The highest BCUT2D eigenvalue weighted by atomic mass is 19.1. The van der Waals surface area contributed by atoms with E-state index >= 15 is 0 Å². The zero-order valence-corrected chi connectivity index (χ0v) is 17.8. The molecule has 0 unspecified atom stereocenters. The first-order valence-electron chi connectivity index (χ1n) is 10.5. The maximum absolute atomic E-state index is 14.0. The number of rotatable bonds is 9. The maximum Gasteiger partial charge on any atom is 0.351 e. The van der Waals surface area contributed by atoms with E-state index in [0.29, 0.717) is 35.3 Å². The van der Waals surface area contributed by atoms with Crippen LogP contribution in [0.1, 0.15) is 22.9 Å². The first-order chi connectivity index (χ1) is 15.6. The Morgan fingerprint density at radius 2 is 1.97 bits per heavy atom. The van der Waals surface area contributed by atoms with Gasteiger partial charge in [-0.05, 0) is 35.4 Å². The highest BCUT2D eigenvalue weighted by Crippen LogP contribution is 2.19. The molecule has 170 valence electrons. The van der Waals surface area contributed by atoms with Gasteiger partial charge in [-0.2, -0.15) is 4.68 Å². The predicted octanol–water partition coefficient (Wildman–Crippen LogP) is 0.503. The second-order valence-corrected chi connectivity index (χ2v) is 7.65. The zero-order chi connectivity index (χ0) is 22.5. The van der Waals surface area contributed by atoms with Crippen LogP contribution in [0.3, 0.4) is 0 Å². The summed E-state index contributed by atoms with van der Waals surface area (Å²) in [7, 11) is 1.47. The Labute approximate surface area is 184 Å². The van der Waals surface area contributed by atoms with Gasteiger partial charge in [-0.1, -0.05) is 12.1 Å². The van der Waals surface area contributed by atoms with Crippen molar-refractivity contribution < 1.29 is 14.2 Å². The van der Waals surface area contributed by atoms with Crippen molar-refractivity contribution in [1.29, 1.82) is 0 Å². The molecule has 1 fully saturated rings. The average Bonchev–Trinajstić information content (AvgIpc) is 3.44. The number of aliphatic hydroxyl groups is 1. The fourth-order valence-electron chi connectivity index (χ4n) is 3.77. The Bertz CT molecular complexity index is 1110. The molecule has 4 rings (SSSR count). The molecule has 10 heteroatoms. The lowest BCUT2D eigenvalue weighted by molar-refractivity contribution is 0.291. The molecule has 0 radical (unpaired) electrons. The minimum atomic E-state index is -0.439. The Kier molecular flexibility index (Phi) is 6.96. The molecular weight excluding hydrogens is 415 g/mol. The second-order valence-electron chi connectivity index (χ2n) is 7.65. The number of hydrogen-bond donors (Lipinski definition) is 4. The molecule has 0 aliphatic carbocycles. The highest BCUT2D eigenvalue weighted by Gasteiger charge is 2.18. The van der Waals surface area contributed by atoms with Crippen LogP contribution in [0.5, 0.6) is 5.75 Å². The molecule has 32 heavy (non-hydrogen) atoms. The van der Waals surface area contributed by atoms with Crippen LogP contribution in [0, 0.1) is 5.82 Å². The molecular formula is C22H27FN6O3. The number of aromatic nitrogens is 3. The van der Waals surface area contributed by atoms with Crippen LogP contribution < -0.4 is 26.6 Å². The van der Waals surface area contributed by atoms with E-state index < -0.39 is 5.82 Å². The fourth-order valence-corrected chi connectivity index (χ4v) is 3.77. The summed E-state index contributed by atoms with van der Waals surface area (Å²) in [5.74, 6) is 0.803. The zero-order valence-electron chi connectivity index (χ0n) is 17.8. The normalized spacial score (nSPS) is 14.2. The largest absolute Gasteiger partial charge is 0.497 e. The molecule has 3 aromatic rings. The summed E-state index contributed by atoms with van der Waals surface area (Å²) in [6, 6.07) is 12.1. The van der Waals surface area contributed by atoms with E-state index in [2.05, 4.69) is 21.3 Å². The van der Waals surface area contributed by atoms with E-state index in [9.17, 15) is 9.18 Å². The Morgan fingerprint density at radius 1 is 1.22 bits per heavy atom. The quantitative estimate of drug-likeness (QED) is 0.358. The summed E-state index contributed by atoms with van der Waals surface area (Å²) < 4.78 is 22.0. The van der Waals surface area contributed by atoms with Gasteiger partial charge in [-0.25, -0.2) is 9.18 Å². The maximum atomic E-state index is 14.0. The van der Waals surface area contributed by atoms with Crippen LogP contribution in [-0.2, 0) is 13.1 Å². The third-order valence-electron chi connectivity index (χ3n) is 5.45. The number of methoxy groups -OCH3 is 1. The van der Waals surface area contributed by atoms with Gasteiger partial charge in [0.05, 0.1) is 32.5 Å². The lowest BCUT2D eigenvalue weighted by Gasteiger charge is -2.09. The van der Waals surface area contributed by atoms with E-state index in [4.69, 9.17) is 9.84 Å². The van der Waals surface area contributed by atoms with Crippen molar-refractivity contribution in [2.75, 3.05) is 33.4 Å². The molecule has 1 saturated heterocycles. The van der Waals surface area contributed by atoms with Crippen molar-refractivity contribution >= 4 is 0 Å². The van der Waals surface area contributed by atoms with Gasteiger partial charge < -0.3 is 15.2 Å². The van der Waals surface area contributed by atoms with E-state index in [1.54, 1.807) is 6.07 Å². The van der Waals surface area contributed by atoms with Crippen molar-refractivity contribution in [3.8, 4) is 11.4 Å². The summed E-state index contributed by atoms with van der Waals surface area (Å²) in [4.78, 5) is 13.2. The third kappa shape index (κ3) is 4.89. The standard InChI is InChI=1S/C22H27FN6O3/c1-32-20-9-15(8-18(23)10-20)14-28-21(13-24-6-7-30)27-29(22(28)31)19-4-2-16(3-5-19)17-11-25-26-12-17/h2-5,8-10,17,24-26,30H,6-7,11-14H2,1H3. The number of benzene rings is 2. The van der Waals surface area contributed by atoms with Gasteiger partial charge in [0.25, 0.3) is 0 Å². The molecule has 0 saturated carbocycles. The van der Waals surface area contributed by atoms with Crippen molar-refractivity contribution in [2.24, 2.45) is 0 Å². The Morgan fingerprint density at radius 3 is 2.66 bits per heavy atom. The summed E-state index contributed by atoms with van der Waals surface area (Å²) in [6.07, 6.45) is 0. The molecule has 0 amide bonds. The summed E-state index contributed by atoms with van der Waals surface area (Å²) in [6.45, 7) is 2.47. The SMILES string of the molecule is COc1cc(F)cc(Cn2c(CNCCO)nn(-c3ccc(C4CNNC4)cc3)c2=O)c1. The van der Waals surface area contributed by atoms with Gasteiger partial charge in [-0.3, -0.25) is 15.4 Å². The van der Waals surface area contributed by atoms with Crippen molar-refractivity contribution in [1.82, 2.24) is 30.5 Å². The molecule has 2 heterocycles. The topological polar surface area (TPSA) is 105 Å². The first-order valence-corrected chi connectivity index (χ1v) is 10.5. The number of halogens is 1. The van der Waals surface area contributed by atoms with Crippen LogP contribution in [-0.4, -0.2) is 52.8 Å². The van der Waals surface area contributed by atoms with Crippen molar-refractivity contribution in [3.05, 3.63) is 75.7 Å². The van der Waals surface area contributed by atoms with Crippen LogP contribution in [0.4, 0.5) is 4.39 Å². The first kappa shape index (κ1) is 22.2. The Balaban J connectivity index is 1.66. The number of hydrazine groups is 1. The van der Waals surface area contributed by atoms with Crippen LogP contribution >= 0.6 is 0 Å². The smallest absolute Gasteiger partial charge is 0.351 e. The number of nitrogens with one attached hydrogen (secondary N) is 3. The minimum absolute atomic E-state index is 0.0294. The number of nitrogens with zero attached hydrogens (tertiary/aromatic N) is 3. The molecule has 0 spiro atoms. The third-order valence-corrected chi connectivity index (χ3v) is 5.45. The van der Waals surface area contributed by atoms with Gasteiger partial charge in [0.15, 0.2) is 0 Å². The molecule has 1 aliphatic heterocycles.